The second-order valence-corrected chi connectivity index (χ2v) is 8.32. The molecule has 0 spiro atoms. The quantitative estimate of drug-likeness (QED) is 0.776. The van der Waals surface area contributed by atoms with Crippen LogP contribution in [0.2, 0.25) is 0 Å². The number of piperazine rings is 1. The van der Waals surface area contributed by atoms with E-state index >= 15 is 0 Å². The molecule has 2 rings (SSSR count). The molecular formula is C18H35N3O2. The van der Waals surface area contributed by atoms with E-state index in [2.05, 4.69) is 35.9 Å². The van der Waals surface area contributed by atoms with Gasteiger partial charge in [-0.05, 0) is 18.3 Å². The monoisotopic (exact) mass is 325 g/mol. The number of β-amino-alcohol motifs (C(OH)–C–C–N with tert-alkyl or cyclic N) is 1. The summed E-state index contributed by atoms with van der Waals surface area (Å²) in [5.74, 6) is 0.211. The summed E-state index contributed by atoms with van der Waals surface area (Å²) in [5.41, 5.74) is -0.0601. The van der Waals surface area contributed by atoms with Gasteiger partial charge in [-0.2, -0.15) is 0 Å². The number of nitrogens with zero attached hydrogens (tertiary/aromatic N) is 2. The van der Waals surface area contributed by atoms with Gasteiger partial charge < -0.3 is 15.3 Å². The molecule has 1 atom stereocenters. The molecule has 2 aliphatic rings. The van der Waals surface area contributed by atoms with Gasteiger partial charge in [0.25, 0.3) is 0 Å². The van der Waals surface area contributed by atoms with Crippen molar-refractivity contribution >= 4 is 5.91 Å². The molecule has 0 aromatic rings. The van der Waals surface area contributed by atoms with E-state index < -0.39 is 0 Å². The number of carbonyl (C=O) groups excluding carboxylic acids is 1. The Hall–Kier alpha value is -0.650. The maximum atomic E-state index is 12.0. The predicted octanol–water partition coefficient (Wildman–Crippen LogP) is 1.46. The van der Waals surface area contributed by atoms with Gasteiger partial charge in [0.15, 0.2) is 0 Å². The summed E-state index contributed by atoms with van der Waals surface area (Å²) in [6.07, 6.45) is 5.15. The molecule has 1 saturated carbocycles. The van der Waals surface area contributed by atoms with Crippen molar-refractivity contribution in [3.05, 3.63) is 0 Å². The third-order valence-electron chi connectivity index (χ3n) is 5.27. The lowest BCUT2D eigenvalue weighted by Crippen LogP contribution is -2.50. The topological polar surface area (TPSA) is 55.8 Å². The fraction of sp³-hybridized carbons (Fsp3) is 0.944. The molecule has 2 N–H and O–H groups in total. The van der Waals surface area contributed by atoms with Gasteiger partial charge >= 0.3 is 0 Å². The van der Waals surface area contributed by atoms with Crippen LogP contribution in [0.5, 0.6) is 0 Å². The van der Waals surface area contributed by atoms with Crippen LogP contribution in [0, 0.1) is 5.41 Å². The summed E-state index contributed by atoms with van der Waals surface area (Å²) < 4.78 is 0. The molecule has 0 aromatic carbocycles. The van der Waals surface area contributed by atoms with Gasteiger partial charge in [0, 0.05) is 51.7 Å². The first-order valence-electron chi connectivity index (χ1n) is 9.27. The van der Waals surface area contributed by atoms with Crippen LogP contribution in [-0.4, -0.2) is 72.2 Å². The third-order valence-corrected chi connectivity index (χ3v) is 5.27. The summed E-state index contributed by atoms with van der Waals surface area (Å²) in [7, 11) is 0. The van der Waals surface area contributed by atoms with Crippen molar-refractivity contribution in [3.63, 3.8) is 0 Å². The summed E-state index contributed by atoms with van der Waals surface area (Å²) in [6, 6.07) is 0.429. The van der Waals surface area contributed by atoms with Crippen molar-refractivity contribution in [3.8, 4) is 0 Å². The largest absolute Gasteiger partial charge is 0.391 e. The number of aliphatic hydroxyl groups excluding tert-OH is 1. The Morgan fingerprint density at radius 2 is 1.70 bits per heavy atom. The third kappa shape index (κ3) is 6.40. The first-order valence-corrected chi connectivity index (χ1v) is 9.27. The fourth-order valence-corrected chi connectivity index (χ4v) is 3.34. The van der Waals surface area contributed by atoms with Gasteiger partial charge in [-0.3, -0.25) is 9.69 Å². The maximum absolute atomic E-state index is 12.0. The number of amides is 1. The van der Waals surface area contributed by atoms with Crippen molar-refractivity contribution in [2.45, 2.75) is 65.0 Å². The van der Waals surface area contributed by atoms with E-state index in [1.807, 2.05) is 0 Å². The Labute approximate surface area is 141 Å². The Kier molecular flexibility index (Phi) is 6.86. The molecule has 5 heteroatoms. The number of hydrogen-bond donors (Lipinski definition) is 2. The van der Waals surface area contributed by atoms with E-state index in [1.54, 1.807) is 0 Å². The lowest BCUT2D eigenvalue weighted by atomic mass is 9.89. The molecular weight excluding hydrogens is 290 g/mol. The highest BCUT2D eigenvalue weighted by molar-refractivity contribution is 5.76. The highest BCUT2D eigenvalue weighted by Gasteiger charge is 2.26. The maximum Gasteiger partial charge on any atom is 0.221 e. The number of nitrogens with one attached hydrogen (secondary N) is 1. The molecule has 0 aromatic heterocycles. The lowest BCUT2D eigenvalue weighted by molar-refractivity contribution is -0.122. The normalized spacial score (nSPS) is 23.1. The minimum absolute atomic E-state index is 0.0601. The van der Waals surface area contributed by atoms with E-state index in [4.69, 9.17) is 0 Å². The van der Waals surface area contributed by atoms with E-state index in [0.29, 0.717) is 12.5 Å². The molecule has 1 amide bonds. The number of carbonyl (C=O) groups is 1. The minimum Gasteiger partial charge on any atom is -0.391 e. The number of hydrogen-bond acceptors (Lipinski definition) is 4. The Balaban J connectivity index is 1.60. The minimum atomic E-state index is -0.286. The van der Waals surface area contributed by atoms with Crippen molar-refractivity contribution in [2.75, 3.05) is 39.3 Å². The van der Waals surface area contributed by atoms with Gasteiger partial charge in [-0.15, -0.1) is 0 Å². The van der Waals surface area contributed by atoms with E-state index in [0.717, 1.165) is 52.1 Å². The molecule has 23 heavy (non-hydrogen) atoms. The van der Waals surface area contributed by atoms with Crippen LogP contribution in [0.15, 0.2) is 0 Å². The van der Waals surface area contributed by atoms with Crippen molar-refractivity contribution < 1.29 is 9.90 Å². The standard InChI is InChI=1S/C18H35N3O2/c1-18(2,3)16(22)14-21-12-10-20(11-13-21)9-8-17(23)19-15-6-4-5-7-15/h15-16,22H,4-14H2,1-3H3,(H,19,23)/t16-/m0/s1. The summed E-state index contributed by atoms with van der Waals surface area (Å²) in [5, 5.41) is 13.4. The smallest absolute Gasteiger partial charge is 0.221 e. The summed E-state index contributed by atoms with van der Waals surface area (Å²) >= 11 is 0. The van der Waals surface area contributed by atoms with Crippen molar-refractivity contribution in [1.29, 1.82) is 0 Å². The van der Waals surface area contributed by atoms with Gasteiger partial charge in [-0.25, -0.2) is 0 Å². The van der Waals surface area contributed by atoms with Crippen LogP contribution in [0.25, 0.3) is 0 Å². The van der Waals surface area contributed by atoms with Crippen LogP contribution in [0.3, 0.4) is 0 Å². The summed E-state index contributed by atoms with van der Waals surface area (Å²) in [4.78, 5) is 16.7. The second kappa shape index (κ2) is 8.45. The molecule has 1 saturated heterocycles. The molecule has 2 fully saturated rings. The van der Waals surface area contributed by atoms with Crippen molar-refractivity contribution in [2.24, 2.45) is 5.41 Å². The Morgan fingerprint density at radius 1 is 1.13 bits per heavy atom. The van der Waals surface area contributed by atoms with Gasteiger partial charge in [0.2, 0.25) is 5.91 Å². The van der Waals surface area contributed by atoms with Gasteiger partial charge in [0.1, 0.15) is 0 Å². The fourth-order valence-electron chi connectivity index (χ4n) is 3.34. The average Bonchev–Trinajstić information content (AvgIpc) is 2.98. The zero-order valence-electron chi connectivity index (χ0n) is 15.2. The zero-order valence-corrected chi connectivity index (χ0v) is 15.2. The van der Waals surface area contributed by atoms with E-state index in [-0.39, 0.29) is 17.4 Å². The van der Waals surface area contributed by atoms with Crippen LogP contribution >= 0.6 is 0 Å². The SMILES string of the molecule is CC(C)(C)[C@@H](O)CN1CCN(CCC(=O)NC2CCCC2)CC1. The molecule has 1 aliphatic heterocycles. The first kappa shape index (κ1) is 18.7. The molecule has 0 bridgehead atoms. The van der Waals surface area contributed by atoms with Crippen LogP contribution in [0.1, 0.15) is 52.9 Å². The molecule has 0 unspecified atom stereocenters. The van der Waals surface area contributed by atoms with Crippen LogP contribution in [0.4, 0.5) is 0 Å². The second-order valence-electron chi connectivity index (χ2n) is 8.32. The molecule has 1 heterocycles. The average molecular weight is 325 g/mol. The first-order chi connectivity index (χ1) is 10.8. The summed E-state index contributed by atoms with van der Waals surface area (Å²) in [6.45, 7) is 11.8. The van der Waals surface area contributed by atoms with Gasteiger partial charge in [0.05, 0.1) is 6.10 Å². The number of aliphatic hydroxyl groups is 1. The van der Waals surface area contributed by atoms with Gasteiger partial charge in [-0.1, -0.05) is 33.6 Å². The number of rotatable bonds is 6. The predicted molar refractivity (Wildman–Crippen MR) is 93.4 cm³/mol. The van der Waals surface area contributed by atoms with E-state index in [9.17, 15) is 9.90 Å². The van der Waals surface area contributed by atoms with Crippen LogP contribution in [-0.2, 0) is 4.79 Å². The van der Waals surface area contributed by atoms with E-state index in [1.165, 1.54) is 12.8 Å². The molecule has 134 valence electrons. The highest BCUT2D eigenvalue weighted by Crippen LogP contribution is 2.20. The zero-order chi connectivity index (χ0) is 16.9. The Morgan fingerprint density at radius 3 is 2.26 bits per heavy atom. The molecule has 1 aliphatic carbocycles. The van der Waals surface area contributed by atoms with Crippen LogP contribution < -0.4 is 5.32 Å². The van der Waals surface area contributed by atoms with Crippen molar-refractivity contribution in [1.82, 2.24) is 15.1 Å². The molecule has 5 nitrogen and oxygen atoms in total. The highest BCUT2D eigenvalue weighted by atomic mass is 16.3. The lowest BCUT2D eigenvalue weighted by Gasteiger charge is -2.37. The molecule has 0 radical (unpaired) electrons. The Bertz CT molecular complexity index is 367.